The van der Waals surface area contributed by atoms with Crippen LogP contribution in [0, 0.1) is 0 Å². The van der Waals surface area contributed by atoms with Gasteiger partial charge >= 0.3 is 0 Å². The molecule has 0 radical (unpaired) electrons. The summed E-state index contributed by atoms with van der Waals surface area (Å²) in [5.74, 6) is 0.596. The first-order valence-corrected chi connectivity index (χ1v) is 5.52. The maximum Gasteiger partial charge on any atom is 0.259 e. The Kier molecular flexibility index (Phi) is 2.34. The normalized spacial score (nSPS) is 10.7. The fourth-order valence-corrected chi connectivity index (χ4v) is 1.86. The number of aromatic amines is 1. The van der Waals surface area contributed by atoms with Crippen LogP contribution in [0.3, 0.4) is 0 Å². The van der Waals surface area contributed by atoms with Crippen LogP contribution in [-0.2, 0) is 0 Å². The van der Waals surface area contributed by atoms with E-state index in [0.29, 0.717) is 16.7 Å². The molecule has 0 fully saturated rings. The van der Waals surface area contributed by atoms with Gasteiger partial charge in [-0.1, -0.05) is 30.3 Å². The van der Waals surface area contributed by atoms with Crippen LogP contribution in [0.15, 0.2) is 53.3 Å². The van der Waals surface area contributed by atoms with Gasteiger partial charge in [0, 0.05) is 11.6 Å². The van der Waals surface area contributed by atoms with Crippen LogP contribution in [-0.4, -0.2) is 15.1 Å². The van der Waals surface area contributed by atoms with Gasteiger partial charge in [-0.25, -0.2) is 4.98 Å². The maximum atomic E-state index is 11.9. The summed E-state index contributed by atoms with van der Waals surface area (Å²) in [6.45, 7) is 0. The van der Waals surface area contributed by atoms with Crippen molar-refractivity contribution in [3.63, 3.8) is 0 Å². The number of rotatable bonds is 1. The summed E-state index contributed by atoms with van der Waals surface area (Å²) in [4.78, 5) is 19.0. The van der Waals surface area contributed by atoms with E-state index in [1.165, 1.54) is 12.1 Å². The van der Waals surface area contributed by atoms with Gasteiger partial charge in [-0.2, -0.15) is 0 Å². The minimum absolute atomic E-state index is 0.0969. The second-order valence-corrected chi connectivity index (χ2v) is 3.98. The molecule has 0 saturated heterocycles. The Hall–Kier alpha value is -2.62. The molecule has 0 aliphatic carbocycles. The van der Waals surface area contributed by atoms with Crippen molar-refractivity contribution in [2.75, 3.05) is 0 Å². The fraction of sp³-hybridized carbons (Fsp3) is 0. The molecule has 3 aromatic rings. The molecule has 0 aliphatic rings. The number of aromatic nitrogens is 2. The van der Waals surface area contributed by atoms with Crippen molar-refractivity contribution in [2.24, 2.45) is 0 Å². The van der Waals surface area contributed by atoms with Gasteiger partial charge in [0.1, 0.15) is 11.6 Å². The molecule has 0 unspecified atom stereocenters. The van der Waals surface area contributed by atoms with Crippen molar-refractivity contribution < 1.29 is 5.11 Å². The first-order chi connectivity index (χ1) is 8.74. The van der Waals surface area contributed by atoms with Crippen LogP contribution in [0.2, 0.25) is 0 Å². The van der Waals surface area contributed by atoms with Gasteiger partial charge in [0.15, 0.2) is 0 Å². The van der Waals surface area contributed by atoms with Crippen LogP contribution < -0.4 is 5.56 Å². The molecule has 3 rings (SSSR count). The molecule has 0 aliphatic heterocycles. The summed E-state index contributed by atoms with van der Waals surface area (Å²) in [6, 6.07) is 13.9. The predicted molar refractivity (Wildman–Crippen MR) is 69.5 cm³/mol. The summed E-state index contributed by atoms with van der Waals surface area (Å²) >= 11 is 0. The third-order valence-electron chi connectivity index (χ3n) is 2.74. The van der Waals surface area contributed by atoms with Crippen molar-refractivity contribution in [3.8, 4) is 17.1 Å². The van der Waals surface area contributed by atoms with Gasteiger partial charge in [0.25, 0.3) is 5.56 Å². The third kappa shape index (κ3) is 1.73. The van der Waals surface area contributed by atoms with E-state index >= 15 is 0 Å². The van der Waals surface area contributed by atoms with Gasteiger partial charge in [-0.05, 0) is 12.1 Å². The number of nitrogens with zero attached hydrogens (tertiary/aromatic N) is 1. The van der Waals surface area contributed by atoms with E-state index in [1.807, 2.05) is 30.3 Å². The van der Waals surface area contributed by atoms with Gasteiger partial charge in [-0.15, -0.1) is 0 Å². The number of nitrogens with one attached hydrogen (secondary N) is 1. The summed E-state index contributed by atoms with van der Waals surface area (Å²) < 4.78 is 0. The Morgan fingerprint density at radius 1 is 1.06 bits per heavy atom. The molecule has 4 heteroatoms. The SMILES string of the molecule is O=c1[nH]c(-c2ccccc2)nc2cc(O)ccc12. The average Bonchev–Trinajstić information content (AvgIpc) is 2.39. The lowest BCUT2D eigenvalue weighted by Crippen LogP contribution is -2.09. The van der Waals surface area contributed by atoms with Crippen LogP contribution in [0.4, 0.5) is 0 Å². The highest BCUT2D eigenvalue weighted by Gasteiger charge is 2.05. The predicted octanol–water partition coefficient (Wildman–Crippen LogP) is 2.30. The molecule has 0 bridgehead atoms. The van der Waals surface area contributed by atoms with Gasteiger partial charge in [0.2, 0.25) is 0 Å². The number of phenols is 1. The number of fused-ring (bicyclic) bond motifs is 1. The molecular formula is C14H10N2O2. The molecule has 2 N–H and O–H groups in total. The molecule has 18 heavy (non-hydrogen) atoms. The number of hydrogen-bond acceptors (Lipinski definition) is 3. The Morgan fingerprint density at radius 2 is 1.83 bits per heavy atom. The van der Waals surface area contributed by atoms with Crippen LogP contribution in [0.25, 0.3) is 22.3 Å². The van der Waals surface area contributed by atoms with Crippen molar-refractivity contribution in [1.29, 1.82) is 0 Å². The summed E-state index contributed by atoms with van der Waals surface area (Å²) in [6.07, 6.45) is 0. The minimum Gasteiger partial charge on any atom is -0.508 e. The van der Waals surface area contributed by atoms with E-state index < -0.39 is 0 Å². The first kappa shape index (κ1) is 10.5. The highest BCUT2D eigenvalue weighted by Crippen LogP contribution is 2.18. The average molecular weight is 238 g/mol. The van der Waals surface area contributed by atoms with Gasteiger partial charge in [-0.3, -0.25) is 4.79 Å². The fourth-order valence-electron chi connectivity index (χ4n) is 1.86. The molecule has 1 heterocycles. The van der Waals surface area contributed by atoms with Crippen molar-refractivity contribution >= 4 is 10.9 Å². The van der Waals surface area contributed by atoms with E-state index in [9.17, 15) is 9.90 Å². The molecule has 0 atom stereocenters. The number of benzene rings is 2. The minimum atomic E-state index is -0.209. The molecular weight excluding hydrogens is 228 g/mol. The third-order valence-corrected chi connectivity index (χ3v) is 2.74. The molecule has 4 nitrogen and oxygen atoms in total. The zero-order valence-corrected chi connectivity index (χ0v) is 9.42. The van der Waals surface area contributed by atoms with E-state index in [0.717, 1.165) is 5.56 Å². The van der Waals surface area contributed by atoms with E-state index in [-0.39, 0.29) is 11.3 Å². The number of H-pyrrole nitrogens is 1. The van der Waals surface area contributed by atoms with Crippen molar-refractivity contribution in [2.45, 2.75) is 0 Å². The summed E-state index contributed by atoms with van der Waals surface area (Å²) in [5, 5.41) is 9.90. The van der Waals surface area contributed by atoms with Crippen molar-refractivity contribution in [3.05, 3.63) is 58.9 Å². The second kappa shape index (κ2) is 4.00. The quantitative estimate of drug-likeness (QED) is 0.683. The van der Waals surface area contributed by atoms with E-state index in [2.05, 4.69) is 9.97 Å². The summed E-state index contributed by atoms with van der Waals surface area (Å²) in [5.41, 5.74) is 1.11. The molecule has 1 aromatic heterocycles. The summed E-state index contributed by atoms with van der Waals surface area (Å²) in [7, 11) is 0. The largest absolute Gasteiger partial charge is 0.508 e. The number of aromatic hydroxyl groups is 1. The number of hydrogen-bond donors (Lipinski definition) is 2. The lowest BCUT2D eigenvalue weighted by Gasteiger charge is -2.03. The monoisotopic (exact) mass is 238 g/mol. The maximum absolute atomic E-state index is 11.9. The van der Waals surface area contributed by atoms with Gasteiger partial charge in [0.05, 0.1) is 10.9 Å². The highest BCUT2D eigenvalue weighted by atomic mass is 16.3. The lowest BCUT2D eigenvalue weighted by atomic mass is 10.2. The Bertz CT molecular complexity index is 764. The van der Waals surface area contributed by atoms with Crippen LogP contribution in [0.1, 0.15) is 0 Å². The van der Waals surface area contributed by atoms with E-state index in [1.54, 1.807) is 6.07 Å². The molecule has 0 saturated carbocycles. The molecule has 2 aromatic carbocycles. The second-order valence-electron chi connectivity index (χ2n) is 3.98. The Morgan fingerprint density at radius 3 is 2.61 bits per heavy atom. The molecule has 88 valence electrons. The van der Waals surface area contributed by atoms with Gasteiger partial charge < -0.3 is 10.1 Å². The van der Waals surface area contributed by atoms with Crippen molar-refractivity contribution in [1.82, 2.24) is 9.97 Å². The lowest BCUT2D eigenvalue weighted by molar-refractivity contribution is 0.476. The molecule has 0 amide bonds. The zero-order chi connectivity index (χ0) is 12.5. The standard InChI is InChI=1S/C14H10N2O2/c17-10-6-7-11-12(8-10)15-13(16-14(11)18)9-4-2-1-3-5-9/h1-8,17H,(H,15,16,18). The zero-order valence-electron chi connectivity index (χ0n) is 9.42. The van der Waals surface area contributed by atoms with Crippen LogP contribution in [0.5, 0.6) is 5.75 Å². The topological polar surface area (TPSA) is 66.0 Å². The Balaban J connectivity index is 2.30. The van der Waals surface area contributed by atoms with Crippen LogP contribution >= 0.6 is 0 Å². The Labute approximate surface area is 103 Å². The first-order valence-electron chi connectivity index (χ1n) is 5.52. The smallest absolute Gasteiger partial charge is 0.259 e. The van der Waals surface area contributed by atoms with E-state index in [4.69, 9.17) is 0 Å². The number of phenolic OH excluding ortho intramolecular Hbond substituents is 1. The highest BCUT2D eigenvalue weighted by molar-refractivity contribution is 5.80. The molecule has 0 spiro atoms.